The van der Waals surface area contributed by atoms with E-state index in [2.05, 4.69) is 0 Å². The van der Waals surface area contributed by atoms with Crippen LogP contribution in [0.15, 0.2) is 12.1 Å². The van der Waals surface area contributed by atoms with Crippen LogP contribution in [0.3, 0.4) is 0 Å². The normalized spacial score (nSPS) is 11.0. The molecule has 1 aromatic carbocycles. The van der Waals surface area contributed by atoms with Gasteiger partial charge in [-0.05, 0) is 26.8 Å². The average Bonchev–Trinajstić information content (AvgIpc) is 2.39. The molecule has 9 heteroatoms. The number of hydrogen-bond donors (Lipinski definition) is 0. The molecule has 0 saturated carbocycles. The Bertz CT molecular complexity index is 602. The van der Waals surface area contributed by atoms with Crippen LogP contribution in [0.4, 0.5) is 19.3 Å². The molecule has 1 aromatic rings. The average molecular weight is 332 g/mol. The van der Waals surface area contributed by atoms with Crippen LogP contribution in [0.5, 0.6) is 5.75 Å². The fraction of sp³-hybridized carbons (Fsp3) is 0.500. The van der Waals surface area contributed by atoms with Crippen molar-refractivity contribution in [1.29, 1.82) is 0 Å². The highest BCUT2D eigenvalue weighted by Crippen LogP contribution is 2.29. The maximum absolute atomic E-state index is 13.8. The summed E-state index contributed by atoms with van der Waals surface area (Å²) < 4.78 is 37.3. The first-order valence-corrected chi connectivity index (χ1v) is 6.72. The zero-order valence-corrected chi connectivity index (χ0v) is 13.3. The summed E-state index contributed by atoms with van der Waals surface area (Å²) >= 11 is 0. The molecule has 0 bridgehead atoms. The number of ether oxygens (including phenoxy) is 2. The fourth-order valence-corrected chi connectivity index (χ4v) is 1.51. The molecular formula is C14H18F2N2O5. The van der Waals surface area contributed by atoms with Gasteiger partial charge in [-0.1, -0.05) is 0 Å². The van der Waals surface area contributed by atoms with Crippen LogP contribution in [0, 0.1) is 21.7 Å². The molecule has 0 aliphatic rings. The van der Waals surface area contributed by atoms with Crippen LogP contribution in [0.25, 0.3) is 0 Å². The van der Waals surface area contributed by atoms with Crippen LogP contribution in [0.2, 0.25) is 0 Å². The number of carbonyl (C=O) groups is 1. The molecule has 0 radical (unpaired) electrons. The van der Waals surface area contributed by atoms with Gasteiger partial charge < -0.3 is 14.4 Å². The number of amides is 1. The van der Waals surface area contributed by atoms with E-state index >= 15 is 0 Å². The van der Waals surface area contributed by atoms with Crippen molar-refractivity contribution in [1.82, 2.24) is 4.90 Å². The van der Waals surface area contributed by atoms with Crippen LogP contribution < -0.4 is 4.74 Å². The van der Waals surface area contributed by atoms with Crippen LogP contribution in [-0.4, -0.2) is 41.7 Å². The standard InChI is InChI=1S/C14H18F2N2O5/c1-14(2,3)23-13(19)17(4)7-8-22-12-9(15)5-6-10(11(12)16)18(20)21/h5-6H,7-8H2,1-4H3. The Morgan fingerprint density at radius 3 is 2.48 bits per heavy atom. The number of halogens is 2. The Balaban J connectivity index is 2.68. The summed E-state index contributed by atoms with van der Waals surface area (Å²) in [6, 6.07) is 1.46. The number of rotatable bonds is 5. The molecule has 1 rings (SSSR count). The SMILES string of the molecule is CN(CCOc1c(F)ccc([N+](=O)[O-])c1F)C(=O)OC(C)(C)C. The molecule has 0 unspecified atom stereocenters. The van der Waals surface area contributed by atoms with E-state index in [0.717, 1.165) is 6.07 Å². The summed E-state index contributed by atoms with van der Waals surface area (Å²) in [6.07, 6.45) is -0.624. The van der Waals surface area contributed by atoms with Gasteiger partial charge >= 0.3 is 11.8 Å². The molecule has 0 heterocycles. The van der Waals surface area contributed by atoms with Gasteiger partial charge in [0.1, 0.15) is 12.2 Å². The third kappa shape index (κ3) is 5.35. The van der Waals surface area contributed by atoms with Gasteiger partial charge in [-0.3, -0.25) is 10.1 Å². The lowest BCUT2D eigenvalue weighted by atomic mass is 10.2. The number of nitrogens with zero attached hydrogens (tertiary/aromatic N) is 2. The summed E-state index contributed by atoms with van der Waals surface area (Å²) in [5, 5.41) is 10.6. The number of hydrogen-bond acceptors (Lipinski definition) is 5. The van der Waals surface area contributed by atoms with Gasteiger partial charge in [0, 0.05) is 13.1 Å². The van der Waals surface area contributed by atoms with Crippen molar-refractivity contribution in [2.75, 3.05) is 20.2 Å². The quantitative estimate of drug-likeness (QED) is 0.611. The number of benzene rings is 1. The zero-order chi connectivity index (χ0) is 17.8. The molecule has 0 aliphatic carbocycles. The van der Waals surface area contributed by atoms with Gasteiger partial charge in [-0.2, -0.15) is 4.39 Å². The van der Waals surface area contributed by atoms with Gasteiger partial charge in [0.2, 0.25) is 5.82 Å². The van der Waals surface area contributed by atoms with Crippen molar-refractivity contribution in [2.45, 2.75) is 26.4 Å². The summed E-state index contributed by atoms with van der Waals surface area (Å²) in [6.45, 7) is 4.82. The highest BCUT2D eigenvalue weighted by molar-refractivity contribution is 5.67. The third-order valence-corrected chi connectivity index (χ3v) is 2.60. The lowest BCUT2D eigenvalue weighted by molar-refractivity contribution is -0.387. The summed E-state index contributed by atoms with van der Waals surface area (Å²) in [5.41, 5.74) is -1.56. The van der Waals surface area contributed by atoms with E-state index in [9.17, 15) is 23.7 Å². The first-order chi connectivity index (χ1) is 10.5. The third-order valence-electron chi connectivity index (χ3n) is 2.60. The largest absolute Gasteiger partial charge is 0.486 e. The van der Waals surface area contributed by atoms with Crippen molar-refractivity contribution < 1.29 is 28.0 Å². The van der Waals surface area contributed by atoms with E-state index in [1.54, 1.807) is 20.8 Å². The first kappa shape index (κ1) is 18.6. The second kappa shape index (κ2) is 7.21. The monoisotopic (exact) mass is 332 g/mol. The highest BCUT2D eigenvalue weighted by atomic mass is 19.1. The number of likely N-dealkylation sites (N-methyl/N-ethyl adjacent to an activating group) is 1. The molecular weight excluding hydrogens is 314 g/mol. The minimum absolute atomic E-state index is 0.0174. The molecule has 0 N–H and O–H groups in total. The molecule has 0 spiro atoms. The summed E-state index contributed by atoms with van der Waals surface area (Å²) in [4.78, 5) is 22.5. The second-order valence-corrected chi connectivity index (χ2v) is 5.72. The predicted molar refractivity (Wildman–Crippen MR) is 77.4 cm³/mol. The number of nitro groups is 1. The molecule has 7 nitrogen and oxygen atoms in total. The lowest BCUT2D eigenvalue weighted by Gasteiger charge is -2.24. The lowest BCUT2D eigenvalue weighted by Crippen LogP contribution is -2.36. The van der Waals surface area contributed by atoms with E-state index in [-0.39, 0.29) is 13.2 Å². The second-order valence-electron chi connectivity index (χ2n) is 5.72. The predicted octanol–water partition coefficient (Wildman–Crippen LogP) is 3.12. The maximum Gasteiger partial charge on any atom is 0.410 e. The minimum Gasteiger partial charge on any atom is -0.486 e. The minimum atomic E-state index is -1.39. The zero-order valence-electron chi connectivity index (χ0n) is 13.3. The molecule has 0 saturated heterocycles. The molecule has 0 aromatic heterocycles. The molecule has 1 amide bonds. The van der Waals surface area contributed by atoms with Gasteiger partial charge in [0.05, 0.1) is 11.5 Å². The fourth-order valence-electron chi connectivity index (χ4n) is 1.51. The van der Waals surface area contributed by atoms with E-state index in [4.69, 9.17) is 9.47 Å². The van der Waals surface area contributed by atoms with Crippen molar-refractivity contribution in [3.8, 4) is 5.75 Å². The first-order valence-electron chi connectivity index (χ1n) is 6.72. The molecule has 0 fully saturated rings. The van der Waals surface area contributed by atoms with E-state index < -0.39 is 39.7 Å². The van der Waals surface area contributed by atoms with Gasteiger partial charge in [-0.25, -0.2) is 9.18 Å². The smallest absolute Gasteiger partial charge is 0.410 e. The van der Waals surface area contributed by atoms with Crippen LogP contribution >= 0.6 is 0 Å². The summed E-state index contributed by atoms with van der Waals surface area (Å²) in [7, 11) is 1.43. The van der Waals surface area contributed by atoms with Crippen LogP contribution in [-0.2, 0) is 4.74 Å². The van der Waals surface area contributed by atoms with E-state index in [1.807, 2.05) is 0 Å². The Hall–Kier alpha value is -2.45. The van der Waals surface area contributed by atoms with Crippen molar-refractivity contribution in [3.63, 3.8) is 0 Å². The Labute approximate surface area is 131 Å². The maximum atomic E-state index is 13.8. The summed E-state index contributed by atoms with van der Waals surface area (Å²) in [5.74, 6) is -3.31. The molecule has 0 atom stereocenters. The van der Waals surface area contributed by atoms with Gasteiger partial charge in [0.25, 0.3) is 0 Å². The van der Waals surface area contributed by atoms with Gasteiger partial charge in [0.15, 0.2) is 11.6 Å². The Kier molecular flexibility index (Phi) is 5.83. The van der Waals surface area contributed by atoms with Crippen molar-refractivity contribution in [3.05, 3.63) is 33.9 Å². The molecule has 0 aliphatic heterocycles. The molecule has 23 heavy (non-hydrogen) atoms. The number of carbonyl (C=O) groups excluding carboxylic acids is 1. The molecule has 128 valence electrons. The van der Waals surface area contributed by atoms with Crippen LogP contribution in [0.1, 0.15) is 20.8 Å². The highest BCUT2D eigenvalue weighted by Gasteiger charge is 2.23. The van der Waals surface area contributed by atoms with Crippen molar-refractivity contribution in [2.24, 2.45) is 0 Å². The Morgan fingerprint density at radius 2 is 1.96 bits per heavy atom. The van der Waals surface area contributed by atoms with E-state index in [1.165, 1.54) is 11.9 Å². The Morgan fingerprint density at radius 1 is 1.35 bits per heavy atom. The topological polar surface area (TPSA) is 81.9 Å². The van der Waals surface area contributed by atoms with E-state index in [0.29, 0.717) is 6.07 Å². The number of nitro benzene ring substituents is 1. The van der Waals surface area contributed by atoms with Crippen molar-refractivity contribution >= 4 is 11.8 Å². The van der Waals surface area contributed by atoms with Gasteiger partial charge in [-0.15, -0.1) is 0 Å².